The summed E-state index contributed by atoms with van der Waals surface area (Å²) in [7, 11) is 0. The van der Waals surface area contributed by atoms with Gasteiger partial charge in [-0.15, -0.1) is 0 Å². The van der Waals surface area contributed by atoms with Gasteiger partial charge in [0.25, 0.3) is 0 Å². The number of carbonyl (C=O) groups is 1. The van der Waals surface area contributed by atoms with Crippen molar-refractivity contribution in [3.05, 3.63) is 84.0 Å². The van der Waals surface area contributed by atoms with Gasteiger partial charge in [-0.05, 0) is 70.0 Å². The molecule has 0 heterocycles. The van der Waals surface area contributed by atoms with Crippen molar-refractivity contribution >= 4 is 18.1 Å². The van der Waals surface area contributed by atoms with Crippen LogP contribution in [0, 0.1) is 0 Å². The number of benzene rings is 2. The lowest BCUT2D eigenvalue weighted by molar-refractivity contribution is -0.149. The Kier molecular flexibility index (Phi) is 12.5. The molecule has 2 aromatic rings. The van der Waals surface area contributed by atoms with Crippen LogP contribution in [0.2, 0.25) is 0 Å². The molecular formula is C29H38O5. The molecule has 0 fully saturated rings. The predicted molar refractivity (Wildman–Crippen MR) is 140 cm³/mol. The number of ether oxygens (including phenoxy) is 3. The van der Waals surface area contributed by atoms with Gasteiger partial charge in [-0.25, -0.2) is 4.79 Å². The van der Waals surface area contributed by atoms with Gasteiger partial charge < -0.3 is 19.3 Å². The maximum absolute atomic E-state index is 10.8. The molecule has 184 valence electrons. The second-order valence-corrected chi connectivity index (χ2v) is 8.57. The van der Waals surface area contributed by atoms with Gasteiger partial charge in [-0.1, -0.05) is 62.1 Å². The van der Waals surface area contributed by atoms with Crippen molar-refractivity contribution < 1.29 is 24.1 Å². The minimum Gasteiger partial charge on any atom is -0.508 e. The highest BCUT2D eigenvalue weighted by atomic mass is 16.7. The highest BCUT2D eigenvalue weighted by Gasteiger charge is 2.15. The van der Waals surface area contributed by atoms with E-state index in [0.29, 0.717) is 12.2 Å². The number of phenols is 1. The molecule has 0 amide bonds. The topological polar surface area (TPSA) is 65.0 Å². The lowest BCUT2D eigenvalue weighted by atomic mass is 10.2. The fraction of sp³-hybridized carbons (Fsp3) is 0.345. The molecule has 2 rings (SSSR count). The Morgan fingerprint density at radius 2 is 1.47 bits per heavy atom. The zero-order chi connectivity index (χ0) is 25.6. The molecule has 0 aromatic heterocycles. The average Bonchev–Trinajstić information content (AvgIpc) is 2.78. The van der Waals surface area contributed by atoms with E-state index in [9.17, 15) is 9.90 Å². The Hall–Kier alpha value is -3.31. The third-order valence-electron chi connectivity index (χ3n) is 4.16. The van der Waals surface area contributed by atoms with Crippen LogP contribution in [0.5, 0.6) is 11.5 Å². The summed E-state index contributed by atoms with van der Waals surface area (Å²) in [6.07, 6.45) is 8.60. The number of allylic oxidation sites excluding steroid dienone is 2. The Labute approximate surface area is 204 Å². The quantitative estimate of drug-likeness (QED) is 0.184. The van der Waals surface area contributed by atoms with Crippen LogP contribution in [-0.2, 0) is 14.3 Å². The van der Waals surface area contributed by atoms with E-state index in [-0.39, 0.29) is 18.0 Å². The van der Waals surface area contributed by atoms with Crippen molar-refractivity contribution in [3.63, 3.8) is 0 Å². The monoisotopic (exact) mass is 466 g/mol. The Morgan fingerprint density at radius 1 is 0.971 bits per heavy atom. The Morgan fingerprint density at radius 3 is 1.85 bits per heavy atom. The number of rotatable bonds is 9. The second-order valence-electron chi connectivity index (χ2n) is 8.57. The lowest BCUT2D eigenvalue weighted by Crippen LogP contribution is -2.23. The molecule has 1 unspecified atom stereocenters. The summed E-state index contributed by atoms with van der Waals surface area (Å²) in [6.45, 7) is 15.2. The normalized spacial score (nSPS) is 12.2. The molecule has 1 N–H and O–H groups in total. The molecule has 34 heavy (non-hydrogen) atoms. The van der Waals surface area contributed by atoms with Crippen LogP contribution in [0.1, 0.15) is 59.1 Å². The molecule has 5 heteroatoms. The molecule has 0 spiro atoms. The summed E-state index contributed by atoms with van der Waals surface area (Å²) in [5, 5.41) is 9.24. The van der Waals surface area contributed by atoms with Crippen molar-refractivity contribution in [1.82, 2.24) is 0 Å². The molecule has 0 aliphatic rings. The maximum Gasteiger partial charge on any atom is 0.333 e. The van der Waals surface area contributed by atoms with E-state index in [1.54, 1.807) is 19.1 Å². The molecule has 1 atom stereocenters. The van der Waals surface area contributed by atoms with E-state index in [2.05, 4.69) is 6.58 Å². The van der Waals surface area contributed by atoms with Gasteiger partial charge in [-0.3, -0.25) is 0 Å². The molecule has 0 bridgehead atoms. The standard InChI is InChI=1S/C21H24O3.C8H14O2/c1-3-21(23-4-2)24-20-15-11-18(12-16-20)8-6-5-7-17-9-13-19(22)14-10-17;1-6(2)7(9)10-8(3,4)5/h5-16,21-22H,3-4H2,1-2H3;1H2,2-5H3. The summed E-state index contributed by atoms with van der Waals surface area (Å²) < 4.78 is 16.2. The van der Waals surface area contributed by atoms with Crippen LogP contribution in [-0.4, -0.2) is 29.6 Å². The lowest BCUT2D eigenvalue weighted by Gasteiger charge is -2.19. The summed E-state index contributed by atoms with van der Waals surface area (Å²) in [5.74, 6) is 0.763. The SMILES string of the molecule is C=C(C)C(=O)OC(C)(C)C.CCOC(CC)Oc1ccc(C=CC=Cc2ccc(O)cc2)cc1. The van der Waals surface area contributed by atoms with E-state index in [1.807, 2.05) is 95.3 Å². The highest BCUT2D eigenvalue weighted by Crippen LogP contribution is 2.17. The molecule has 0 aliphatic carbocycles. The molecular weight excluding hydrogens is 428 g/mol. The minimum absolute atomic E-state index is 0.190. The number of hydrogen-bond donors (Lipinski definition) is 1. The number of carbonyl (C=O) groups excluding carboxylic acids is 1. The average molecular weight is 467 g/mol. The molecule has 2 aromatic carbocycles. The molecule has 0 saturated heterocycles. The van der Waals surface area contributed by atoms with E-state index >= 15 is 0 Å². The van der Waals surface area contributed by atoms with Crippen LogP contribution in [0.25, 0.3) is 12.2 Å². The summed E-state index contributed by atoms with van der Waals surface area (Å²) in [4.78, 5) is 10.8. The van der Waals surface area contributed by atoms with Crippen molar-refractivity contribution in [3.8, 4) is 11.5 Å². The Bertz CT molecular complexity index is 932. The number of hydrogen-bond acceptors (Lipinski definition) is 5. The zero-order valence-corrected chi connectivity index (χ0v) is 21.2. The van der Waals surface area contributed by atoms with Crippen molar-refractivity contribution in [2.75, 3.05) is 6.61 Å². The fourth-order valence-electron chi connectivity index (χ4n) is 2.51. The first kappa shape index (κ1) is 28.7. The fourth-order valence-corrected chi connectivity index (χ4v) is 2.51. The predicted octanol–water partition coefficient (Wildman–Crippen LogP) is 7.17. The van der Waals surface area contributed by atoms with Gasteiger partial charge >= 0.3 is 5.97 Å². The van der Waals surface area contributed by atoms with Crippen LogP contribution < -0.4 is 4.74 Å². The molecule has 0 saturated carbocycles. The van der Waals surface area contributed by atoms with Crippen molar-refractivity contribution in [2.45, 2.75) is 59.9 Å². The first-order valence-corrected chi connectivity index (χ1v) is 11.4. The van der Waals surface area contributed by atoms with Crippen molar-refractivity contribution in [1.29, 1.82) is 0 Å². The zero-order valence-electron chi connectivity index (χ0n) is 21.2. The van der Waals surface area contributed by atoms with Gasteiger partial charge in [0.05, 0.1) is 0 Å². The molecule has 0 aliphatic heterocycles. The smallest absolute Gasteiger partial charge is 0.333 e. The van der Waals surface area contributed by atoms with E-state index in [0.717, 1.165) is 23.3 Å². The Balaban J connectivity index is 0.000000489. The molecule has 0 radical (unpaired) electrons. The van der Waals surface area contributed by atoms with E-state index in [1.165, 1.54) is 0 Å². The number of phenolic OH excluding ortho intramolecular Hbond substituents is 1. The van der Waals surface area contributed by atoms with Gasteiger partial charge in [0, 0.05) is 18.6 Å². The summed E-state index contributed by atoms with van der Waals surface area (Å²) in [6, 6.07) is 15.0. The maximum atomic E-state index is 10.8. The van der Waals surface area contributed by atoms with E-state index < -0.39 is 5.60 Å². The van der Waals surface area contributed by atoms with Gasteiger partial charge in [0.2, 0.25) is 0 Å². The highest BCUT2D eigenvalue weighted by molar-refractivity contribution is 5.87. The van der Waals surface area contributed by atoms with Crippen LogP contribution in [0.15, 0.2) is 72.8 Å². The molecule has 5 nitrogen and oxygen atoms in total. The van der Waals surface area contributed by atoms with Gasteiger partial charge in [0.15, 0.2) is 6.29 Å². The van der Waals surface area contributed by atoms with Crippen molar-refractivity contribution in [2.24, 2.45) is 0 Å². The third kappa shape index (κ3) is 12.7. The summed E-state index contributed by atoms with van der Waals surface area (Å²) >= 11 is 0. The minimum atomic E-state index is -0.407. The van der Waals surface area contributed by atoms with Crippen LogP contribution in [0.3, 0.4) is 0 Å². The largest absolute Gasteiger partial charge is 0.508 e. The van der Waals surface area contributed by atoms with Gasteiger partial charge in [-0.2, -0.15) is 0 Å². The van der Waals surface area contributed by atoms with E-state index in [4.69, 9.17) is 14.2 Å². The third-order valence-corrected chi connectivity index (χ3v) is 4.16. The second kappa shape index (κ2) is 14.8. The number of esters is 1. The first-order valence-electron chi connectivity index (χ1n) is 11.4. The van der Waals surface area contributed by atoms with Crippen LogP contribution in [0.4, 0.5) is 0 Å². The summed E-state index contributed by atoms with van der Waals surface area (Å²) in [5.41, 5.74) is 2.18. The van der Waals surface area contributed by atoms with Crippen LogP contribution >= 0.6 is 0 Å². The number of aromatic hydroxyl groups is 1. The van der Waals surface area contributed by atoms with Gasteiger partial charge in [0.1, 0.15) is 17.1 Å². The first-order chi connectivity index (χ1) is 16.0.